The number of phenolic OH excluding ortho intramolecular Hbond substituents is 2. The normalized spacial score (nSPS) is 10.0. The molecular formula is C14H10O4. The molecule has 0 amide bonds. The van der Waals surface area contributed by atoms with Crippen LogP contribution < -0.4 is 0 Å². The number of hydrogen-bond acceptors (Lipinski definition) is 4. The molecule has 2 rings (SSSR count). The van der Waals surface area contributed by atoms with E-state index in [1.807, 2.05) is 0 Å². The maximum atomic E-state index is 11.9. The molecule has 0 atom stereocenters. The lowest BCUT2D eigenvalue weighted by Crippen LogP contribution is -2.14. The Bertz CT molecular complexity index is 561. The average molecular weight is 242 g/mol. The van der Waals surface area contributed by atoms with E-state index in [-0.39, 0.29) is 22.6 Å². The van der Waals surface area contributed by atoms with Gasteiger partial charge in [-0.3, -0.25) is 9.59 Å². The minimum Gasteiger partial charge on any atom is -0.508 e. The van der Waals surface area contributed by atoms with Gasteiger partial charge >= 0.3 is 0 Å². The van der Waals surface area contributed by atoms with Gasteiger partial charge in [-0.25, -0.2) is 0 Å². The number of carbonyl (C=O) groups excluding carboxylic acids is 2. The summed E-state index contributed by atoms with van der Waals surface area (Å²) in [7, 11) is 0. The Kier molecular flexibility index (Phi) is 3.10. The first-order chi connectivity index (χ1) is 8.58. The van der Waals surface area contributed by atoms with Crippen LogP contribution in [0, 0.1) is 0 Å². The van der Waals surface area contributed by atoms with Crippen molar-refractivity contribution in [2.24, 2.45) is 0 Å². The van der Waals surface area contributed by atoms with Gasteiger partial charge in [0, 0.05) is 11.1 Å². The molecule has 0 aliphatic heterocycles. The molecule has 0 aliphatic rings. The Morgan fingerprint density at radius 2 is 1.11 bits per heavy atom. The number of ketones is 2. The van der Waals surface area contributed by atoms with Crippen LogP contribution in [0.25, 0.3) is 0 Å². The molecule has 2 N–H and O–H groups in total. The SMILES string of the molecule is O=C(C(=O)c1cccc(O)c1)c1cccc(O)c1. The molecule has 2 aromatic carbocycles. The fourth-order valence-corrected chi connectivity index (χ4v) is 1.56. The highest BCUT2D eigenvalue weighted by Gasteiger charge is 2.18. The second kappa shape index (κ2) is 4.71. The number of phenols is 2. The van der Waals surface area contributed by atoms with Gasteiger partial charge in [0.05, 0.1) is 0 Å². The molecule has 2 aromatic rings. The maximum Gasteiger partial charge on any atom is 0.233 e. The van der Waals surface area contributed by atoms with Crippen molar-refractivity contribution in [3.8, 4) is 11.5 Å². The third-order valence-electron chi connectivity index (χ3n) is 2.42. The summed E-state index contributed by atoms with van der Waals surface area (Å²) in [5, 5.41) is 18.5. The predicted octanol–water partition coefficient (Wildman–Crippen LogP) is 2.16. The first kappa shape index (κ1) is 11.9. The molecule has 4 heteroatoms. The van der Waals surface area contributed by atoms with E-state index in [1.165, 1.54) is 48.5 Å². The summed E-state index contributed by atoms with van der Waals surface area (Å²) in [6, 6.07) is 11.1. The zero-order valence-electron chi connectivity index (χ0n) is 9.33. The summed E-state index contributed by atoms with van der Waals surface area (Å²) in [4.78, 5) is 23.7. The zero-order chi connectivity index (χ0) is 13.1. The van der Waals surface area contributed by atoms with Crippen LogP contribution in [0.4, 0.5) is 0 Å². The predicted molar refractivity (Wildman–Crippen MR) is 64.9 cm³/mol. The molecule has 0 unspecified atom stereocenters. The molecule has 0 heterocycles. The van der Waals surface area contributed by atoms with E-state index in [4.69, 9.17) is 0 Å². The Morgan fingerprint density at radius 1 is 0.722 bits per heavy atom. The third-order valence-corrected chi connectivity index (χ3v) is 2.42. The van der Waals surface area contributed by atoms with Crippen LogP contribution >= 0.6 is 0 Å². The van der Waals surface area contributed by atoms with Crippen molar-refractivity contribution in [2.45, 2.75) is 0 Å². The van der Waals surface area contributed by atoms with Crippen LogP contribution in [0.2, 0.25) is 0 Å². The van der Waals surface area contributed by atoms with Crippen molar-refractivity contribution in [1.29, 1.82) is 0 Å². The van der Waals surface area contributed by atoms with Gasteiger partial charge in [-0.15, -0.1) is 0 Å². The van der Waals surface area contributed by atoms with Crippen LogP contribution in [0.3, 0.4) is 0 Å². The van der Waals surface area contributed by atoms with Gasteiger partial charge in [-0.2, -0.15) is 0 Å². The summed E-state index contributed by atoms with van der Waals surface area (Å²) >= 11 is 0. The Morgan fingerprint density at radius 3 is 1.44 bits per heavy atom. The molecule has 0 bridgehead atoms. The van der Waals surface area contributed by atoms with Gasteiger partial charge in [-0.05, 0) is 24.3 Å². The quantitative estimate of drug-likeness (QED) is 0.639. The lowest BCUT2D eigenvalue weighted by molar-refractivity contribution is 0.0816. The minimum absolute atomic E-state index is 0.0791. The molecule has 0 spiro atoms. The highest BCUT2D eigenvalue weighted by atomic mass is 16.3. The number of Topliss-reactive ketones (excluding diaryl/α,β-unsaturated/α-hetero) is 2. The highest BCUT2D eigenvalue weighted by molar-refractivity contribution is 6.49. The number of benzene rings is 2. The molecule has 0 aliphatic carbocycles. The lowest BCUT2D eigenvalue weighted by atomic mass is 10.0. The lowest BCUT2D eigenvalue weighted by Gasteiger charge is -2.02. The zero-order valence-corrected chi connectivity index (χ0v) is 9.33. The fraction of sp³-hybridized carbons (Fsp3) is 0. The van der Waals surface area contributed by atoms with Crippen molar-refractivity contribution in [3.63, 3.8) is 0 Å². The van der Waals surface area contributed by atoms with Crippen LogP contribution in [0.15, 0.2) is 48.5 Å². The van der Waals surface area contributed by atoms with Crippen molar-refractivity contribution in [3.05, 3.63) is 59.7 Å². The first-order valence-electron chi connectivity index (χ1n) is 5.25. The van der Waals surface area contributed by atoms with Gasteiger partial charge in [0.2, 0.25) is 11.6 Å². The summed E-state index contributed by atoms with van der Waals surface area (Å²) in [5.74, 6) is -1.61. The van der Waals surface area contributed by atoms with Gasteiger partial charge < -0.3 is 10.2 Å². The largest absolute Gasteiger partial charge is 0.508 e. The Labute approximate surface area is 103 Å². The second-order valence-corrected chi connectivity index (χ2v) is 3.76. The summed E-state index contributed by atoms with van der Waals surface area (Å²) in [5.41, 5.74) is 0.228. The Balaban J connectivity index is 2.32. The van der Waals surface area contributed by atoms with E-state index >= 15 is 0 Å². The monoisotopic (exact) mass is 242 g/mol. The van der Waals surface area contributed by atoms with E-state index < -0.39 is 11.6 Å². The second-order valence-electron chi connectivity index (χ2n) is 3.76. The molecule has 90 valence electrons. The average Bonchev–Trinajstić information content (AvgIpc) is 2.37. The van der Waals surface area contributed by atoms with Crippen molar-refractivity contribution in [1.82, 2.24) is 0 Å². The standard InChI is InChI=1S/C14H10O4/c15-11-5-1-3-9(7-11)13(17)14(18)10-4-2-6-12(16)8-10/h1-8,15-16H. The van der Waals surface area contributed by atoms with E-state index in [9.17, 15) is 19.8 Å². The van der Waals surface area contributed by atoms with Crippen molar-refractivity contribution >= 4 is 11.6 Å². The Hall–Kier alpha value is -2.62. The van der Waals surface area contributed by atoms with Crippen LogP contribution in [0.1, 0.15) is 20.7 Å². The van der Waals surface area contributed by atoms with Crippen LogP contribution in [-0.4, -0.2) is 21.8 Å². The number of rotatable bonds is 3. The first-order valence-corrected chi connectivity index (χ1v) is 5.25. The van der Waals surface area contributed by atoms with Gasteiger partial charge in [0.1, 0.15) is 11.5 Å². The summed E-state index contributed by atoms with van der Waals surface area (Å²) in [6.45, 7) is 0. The number of aromatic hydroxyl groups is 2. The molecule has 18 heavy (non-hydrogen) atoms. The molecule has 0 radical (unpaired) electrons. The van der Waals surface area contributed by atoms with Gasteiger partial charge in [-0.1, -0.05) is 24.3 Å². The number of carbonyl (C=O) groups is 2. The maximum absolute atomic E-state index is 11.9. The van der Waals surface area contributed by atoms with E-state index in [0.717, 1.165) is 0 Å². The van der Waals surface area contributed by atoms with E-state index in [2.05, 4.69) is 0 Å². The summed E-state index contributed by atoms with van der Waals surface area (Å²) < 4.78 is 0. The van der Waals surface area contributed by atoms with E-state index in [0.29, 0.717) is 0 Å². The van der Waals surface area contributed by atoms with Crippen LogP contribution in [0.5, 0.6) is 11.5 Å². The van der Waals surface area contributed by atoms with Crippen molar-refractivity contribution in [2.75, 3.05) is 0 Å². The molecule has 0 saturated heterocycles. The number of hydrogen-bond donors (Lipinski definition) is 2. The molecule has 4 nitrogen and oxygen atoms in total. The highest BCUT2D eigenvalue weighted by Crippen LogP contribution is 2.16. The molecule has 0 fully saturated rings. The van der Waals surface area contributed by atoms with E-state index in [1.54, 1.807) is 0 Å². The molecule has 0 aromatic heterocycles. The minimum atomic E-state index is -0.725. The molecular weight excluding hydrogens is 232 g/mol. The van der Waals surface area contributed by atoms with Gasteiger partial charge in [0.15, 0.2) is 0 Å². The van der Waals surface area contributed by atoms with Crippen molar-refractivity contribution < 1.29 is 19.8 Å². The fourth-order valence-electron chi connectivity index (χ4n) is 1.56. The summed E-state index contributed by atoms with van der Waals surface area (Å²) in [6.07, 6.45) is 0. The molecule has 0 saturated carbocycles. The topological polar surface area (TPSA) is 74.6 Å². The smallest absolute Gasteiger partial charge is 0.233 e. The third kappa shape index (κ3) is 2.38. The van der Waals surface area contributed by atoms with Gasteiger partial charge in [0.25, 0.3) is 0 Å². The van der Waals surface area contributed by atoms with Crippen LogP contribution in [-0.2, 0) is 0 Å².